The van der Waals surface area contributed by atoms with Gasteiger partial charge in [0.15, 0.2) is 0 Å². The minimum absolute atomic E-state index is 0.389. The predicted molar refractivity (Wildman–Crippen MR) is 68.5 cm³/mol. The van der Waals surface area contributed by atoms with E-state index >= 15 is 0 Å². The fourth-order valence-corrected chi connectivity index (χ4v) is 2.15. The van der Waals surface area contributed by atoms with Crippen molar-refractivity contribution in [3.8, 4) is 0 Å². The minimum Gasteiger partial charge on any atom is -0.308 e. The third-order valence-electron chi connectivity index (χ3n) is 3.04. The summed E-state index contributed by atoms with van der Waals surface area (Å²) in [5.41, 5.74) is 2.44. The Hall–Kier alpha value is -0.830. The molecule has 3 heteroatoms. The summed E-state index contributed by atoms with van der Waals surface area (Å²) in [6.45, 7) is 8.79. The highest BCUT2D eigenvalue weighted by molar-refractivity contribution is 5.19. The van der Waals surface area contributed by atoms with E-state index < -0.39 is 0 Å². The third-order valence-corrected chi connectivity index (χ3v) is 3.04. The van der Waals surface area contributed by atoms with Crippen LogP contribution in [0.1, 0.15) is 57.3 Å². The van der Waals surface area contributed by atoms with Crippen molar-refractivity contribution in [2.24, 2.45) is 7.05 Å². The van der Waals surface area contributed by atoms with Gasteiger partial charge in [-0.15, -0.1) is 0 Å². The van der Waals surface area contributed by atoms with Crippen LogP contribution in [0.25, 0.3) is 0 Å². The highest BCUT2D eigenvalue weighted by Gasteiger charge is 2.13. The van der Waals surface area contributed by atoms with Crippen LogP contribution in [-0.2, 0) is 7.05 Å². The Morgan fingerprint density at radius 3 is 2.62 bits per heavy atom. The van der Waals surface area contributed by atoms with Gasteiger partial charge in [0, 0.05) is 30.9 Å². The minimum atomic E-state index is 0.389. The quantitative estimate of drug-likeness (QED) is 0.803. The van der Waals surface area contributed by atoms with E-state index in [1.165, 1.54) is 24.8 Å². The summed E-state index contributed by atoms with van der Waals surface area (Å²) in [6, 6.07) is 0.968. The second kappa shape index (κ2) is 6.04. The maximum atomic E-state index is 4.38. The fraction of sp³-hybridized carbons (Fsp3) is 0.769. The van der Waals surface area contributed by atoms with E-state index in [-0.39, 0.29) is 0 Å². The second-order valence-electron chi connectivity index (χ2n) is 4.78. The molecular formula is C13H25N3. The highest BCUT2D eigenvalue weighted by atomic mass is 15.3. The topological polar surface area (TPSA) is 29.9 Å². The van der Waals surface area contributed by atoms with Crippen LogP contribution >= 0.6 is 0 Å². The summed E-state index contributed by atoms with van der Waals surface area (Å²) in [4.78, 5) is 0. The van der Waals surface area contributed by atoms with Gasteiger partial charge in [-0.1, -0.05) is 19.8 Å². The summed E-state index contributed by atoms with van der Waals surface area (Å²) < 4.78 is 1.89. The molecule has 0 aromatic carbocycles. The van der Waals surface area contributed by atoms with Crippen LogP contribution in [0.3, 0.4) is 0 Å². The van der Waals surface area contributed by atoms with E-state index in [1.54, 1.807) is 0 Å². The first kappa shape index (κ1) is 13.2. The molecule has 0 spiro atoms. The first-order valence-corrected chi connectivity index (χ1v) is 6.30. The molecule has 0 fully saturated rings. The van der Waals surface area contributed by atoms with Gasteiger partial charge >= 0.3 is 0 Å². The Bertz CT molecular complexity index is 317. The van der Waals surface area contributed by atoms with Crippen LogP contribution < -0.4 is 5.32 Å². The lowest BCUT2D eigenvalue weighted by atomic mass is 10.1. The second-order valence-corrected chi connectivity index (χ2v) is 4.78. The summed E-state index contributed by atoms with van der Waals surface area (Å²) in [5, 5.41) is 8.01. The molecule has 92 valence electrons. The Morgan fingerprint density at radius 2 is 2.12 bits per heavy atom. The first-order chi connectivity index (χ1) is 7.54. The number of rotatable bonds is 6. The van der Waals surface area contributed by atoms with Crippen LogP contribution in [-0.4, -0.2) is 15.8 Å². The van der Waals surface area contributed by atoms with Crippen LogP contribution in [0.5, 0.6) is 0 Å². The van der Waals surface area contributed by atoms with Crippen molar-refractivity contribution in [2.75, 3.05) is 0 Å². The molecule has 0 saturated carbocycles. The number of aromatic nitrogens is 2. The number of nitrogens with one attached hydrogen (secondary N) is 1. The smallest absolute Gasteiger partial charge is 0.0641 e. The number of unbranched alkanes of at least 4 members (excludes halogenated alkanes) is 1. The zero-order chi connectivity index (χ0) is 12.1. The van der Waals surface area contributed by atoms with E-state index in [0.717, 1.165) is 5.69 Å². The molecule has 0 amide bonds. The Kier molecular flexibility index (Phi) is 5.00. The Morgan fingerprint density at radius 1 is 1.44 bits per heavy atom. The van der Waals surface area contributed by atoms with Crippen LogP contribution in [0, 0.1) is 6.92 Å². The monoisotopic (exact) mass is 223 g/mol. The summed E-state index contributed by atoms with van der Waals surface area (Å²) in [5.74, 6) is 0. The standard InChI is InChI=1S/C13H25N3/c1-6-7-8-10(2)14-11(3)13-9-16(5)15-12(13)4/h9-11,14H,6-8H2,1-5H3. The lowest BCUT2D eigenvalue weighted by molar-refractivity contribution is 0.443. The number of hydrogen-bond acceptors (Lipinski definition) is 2. The van der Waals surface area contributed by atoms with Gasteiger partial charge in [-0.3, -0.25) is 4.68 Å². The average molecular weight is 223 g/mol. The van der Waals surface area contributed by atoms with Gasteiger partial charge in [0.25, 0.3) is 0 Å². The summed E-state index contributed by atoms with van der Waals surface area (Å²) >= 11 is 0. The Labute approximate surface area is 99.2 Å². The fourth-order valence-electron chi connectivity index (χ4n) is 2.15. The SMILES string of the molecule is CCCCC(C)NC(C)c1cn(C)nc1C. The molecule has 3 nitrogen and oxygen atoms in total. The van der Waals surface area contributed by atoms with Crippen molar-refractivity contribution >= 4 is 0 Å². The van der Waals surface area contributed by atoms with Crippen molar-refractivity contribution in [3.63, 3.8) is 0 Å². The molecule has 0 bridgehead atoms. The van der Waals surface area contributed by atoms with E-state index in [1.807, 2.05) is 11.7 Å². The van der Waals surface area contributed by atoms with Gasteiger partial charge in [-0.2, -0.15) is 5.10 Å². The van der Waals surface area contributed by atoms with Crippen molar-refractivity contribution in [3.05, 3.63) is 17.5 Å². The van der Waals surface area contributed by atoms with E-state index in [2.05, 4.69) is 44.3 Å². The largest absolute Gasteiger partial charge is 0.308 e. The van der Waals surface area contributed by atoms with Crippen molar-refractivity contribution < 1.29 is 0 Å². The molecule has 2 atom stereocenters. The lowest BCUT2D eigenvalue weighted by Gasteiger charge is -2.19. The summed E-state index contributed by atoms with van der Waals surface area (Å²) in [6.07, 6.45) is 5.93. The van der Waals surface area contributed by atoms with E-state index in [0.29, 0.717) is 12.1 Å². The van der Waals surface area contributed by atoms with Gasteiger partial charge in [0.2, 0.25) is 0 Å². The van der Waals surface area contributed by atoms with Crippen molar-refractivity contribution in [1.82, 2.24) is 15.1 Å². The number of aryl methyl sites for hydroxylation is 2. The maximum absolute atomic E-state index is 4.38. The van der Waals surface area contributed by atoms with Crippen molar-refractivity contribution in [2.45, 2.75) is 59.0 Å². The molecule has 0 radical (unpaired) electrons. The molecule has 1 aromatic heterocycles. The maximum Gasteiger partial charge on any atom is 0.0641 e. The van der Waals surface area contributed by atoms with Gasteiger partial charge in [0.05, 0.1) is 5.69 Å². The average Bonchev–Trinajstić information content (AvgIpc) is 2.54. The van der Waals surface area contributed by atoms with E-state index in [4.69, 9.17) is 0 Å². The highest BCUT2D eigenvalue weighted by Crippen LogP contribution is 2.17. The number of hydrogen-bond donors (Lipinski definition) is 1. The van der Waals surface area contributed by atoms with E-state index in [9.17, 15) is 0 Å². The lowest BCUT2D eigenvalue weighted by Crippen LogP contribution is -2.29. The first-order valence-electron chi connectivity index (χ1n) is 6.30. The molecule has 16 heavy (non-hydrogen) atoms. The Balaban J connectivity index is 2.51. The third kappa shape index (κ3) is 3.63. The molecule has 0 saturated heterocycles. The number of nitrogens with zero attached hydrogens (tertiary/aromatic N) is 2. The molecule has 0 aliphatic carbocycles. The molecule has 1 aromatic rings. The van der Waals surface area contributed by atoms with Gasteiger partial charge in [-0.25, -0.2) is 0 Å². The zero-order valence-corrected chi connectivity index (χ0v) is 11.2. The van der Waals surface area contributed by atoms with Crippen LogP contribution in [0.15, 0.2) is 6.20 Å². The molecule has 1 N–H and O–H groups in total. The van der Waals surface area contributed by atoms with Gasteiger partial charge in [-0.05, 0) is 27.2 Å². The normalized spacial score (nSPS) is 15.1. The van der Waals surface area contributed by atoms with Crippen molar-refractivity contribution in [1.29, 1.82) is 0 Å². The molecule has 1 rings (SSSR count). The molecule has 0 aliphatic heterocycles. The molecular weight excluding hydrogens is 198 g/mol. The summed E-state index contributed by atoms with van der Waals surface area (Å²) in [7, 11) is 1.98. The van der Waals surface area contributed by atoms with Gasteiger partial charge in [0.1, 0.15) is 0 Å². The van der Waals surface area contributed by atoms with Crippen LogP contribution in [0.4, 0.5) is 0 Å². The zero-order valence-electron chi connectivity index (χ0n) is 11.2. The molecule has 1 heterocycles. The predicted octanol–water partition coefficient (Wildman–Crippen LogP) is 2.96. The van der Waals surface area contributed by atoms with Crippen LogP contribution in [0.2, 0.25) is 0 Å². The van der Waals surface area contributed by atoms with Gasteiger partial charge < -0.3 is 5.32 Å². The molecule has 0 aliphatic rings. The molecule has 2 unspecified atom stereocenters.